The first-order valence-electron chi connectivity index (χ1n) is 6.37. The Balaban J connectivity index is 1.81. The monoisotopic (exact) mass is 198 g/mol. The van der Waals surface area contributed by atoms with E-state index >= 15 is 0 Å². The van der Waals surface area contributed by atoms with E-state index in [9.17, 15) is 5.11 Å². The molecule has 1 fully saturated rings. The number of hydrogen-bond donors (Lipinski definition) is 1. The highest BCUT2D eigenvalue weighted by atomic mass is 16.3. The summed E-state index contributed by atoms with van der Waals surface area (Å²) >= 11 is 0. The van der Waals surface area contributed by atoms with Crippen molar-refractivity contribution in [2.75, 3.05) is 0 Å². The topological polar surface area (TPSA) is 20.2 Å². The minimum Gasteiger partial charge on any atom is -0.393 e. The van der Waals surface area contributed by atoms with Gasteiger partial charge in [0, 0.05) is 0 Å². The third-order valence-corrected chi connectivity index (χ3v) is 3.66. The molecule has 1 nitrogen and oxygen atoms in total. The zero-order valence-electron chi connectivity index (χ0n) is 9.89. The van der Waals surface area contributed by atoms with Crippen LogP contribution < -0.4 is 0 Å². The molecular formula is C13H26O. The first-order chi connectivity index (χ1) is 6.69. The molecule has 2 atom stereocenters. The van der Waals surface area contributed by atoms with Crippen LogP contribution >= 0.6 is 0 Å². The van der Waals surface area contributed by atoms with Gasteiger partial charge in [-0.25, -0.2) is 0 Å². The zero-order chi connectivity index (χ0) is 10.4. The van der Waals surface area contributed by atoms with E-state index < -0.39 is 0 Å². The number of unbranched alkanes of at least 4 members (excludes halogenated alkanes) is 6. The van der Waals surface area contributed by atoms with Crippen molar-refractivity contribution in [3.05, 3.63) is 0 Å². The second-order valence-electron chi connectivity index (χ2n) is 5.25. The van der Waals surface area contributed by atoms with E-state index in [1.54, 1.807) is 0 Å². The molecule has 0 unspecified atom stereocenters. The summed E-state index contributed by atoms with van der Waals surface area (Å²) in [5.41, 5.74) is 0.309. The minimum absolute atomic E-state index is 0.0163. The Hall–Kier alpha value is -0.0400. The van der Waals surface area contributed by atoms with Crippen molar-refractivity contribution in [3.63, 3.8) is 0 Å². The first kappa shape index (κ1) is 12.0. The zero-order valence-corrected chi connectivity index (χ0v) is 9.89. The highest BCUT2D eigenvalue weighted by molar-refractivity contribution is 4.98. The van der Waals surface area contributed by atoms with Crippen LogP contribution in [-0.2, 0) is 0 Å². The van der Waals surface area contributed by atoms with Crippen LogP contribution in [-0.4, -0.2) is 11.2 Å². The molecule has 14 heavy (non-hydrogen) atoms. The second kappa shape index (κ2) is 5.75. The highest BCUT2D eigenvalue weighted by Gasteiger charge is 2.47. The van der Waals surface area contributed by atoms with Gasteiger partial charge in [0.2, 0.25) is 0 Å². The van der Waals surface area contributed by atoms with Gasteiger partial charge in [0.25, 0.3) is 0 Å². The predicted molar refractivity (Wildman–Crippen MR) is 61.3 cm³/mol. The van der Waals surface area contributed by atoms with Gasteiger partial charge in [-0.05, 0) is 18.3 Å². The first-order valence-corrected chi connectivity index (χ1v) is 6.37. The summed E-state index contributed by atoms with van der Waals surface area (Å²) in [5, 5.41) is 9.36. The van der Waals surface area contributed by atoms with Crippen molar-refractivity contribution in [2.24, 2.45) is 5.41 Å². The van der Waals surface area contributed by atoms with Crippen molar-refractivity contribution < 1.29 is 5.11 Å². The van der Waals surface area contributed by atoms with E-state index in [1.807, 2.05) is 0 Å². The van der Waals surface area contributed by atoms with E-state index in [-0.39, 0.29) is 6.10 Å². The Morgan fingerprint density at radius 3 is 2.07 bits per heavy atom. The van der Waals surface area contributed by atoms with Gasteiger partial charge in [0.1, 0.15) is 0 Å². The molecule has 0 aromatic heterocycles. The van der Waals surface area contributed by atoms with Crippen LogP contribution in [0.3, 0.4) is 0 Å². The maximum Gasteiger partial charge on any atom is 0.0600 e. The quantitative estimate of drug-likeness (QED) is 0.586. The van der Waals surface area contributed by atoms with Gasteiger partial charge in [-0.3, -0.25) is 0 Å². The van der Waals surface area contributed by atoms with E-state index in [1.165, 1.54) is 51.4 Å². The van der Waals surface area contributed by atoms with Gasteiger partial charge in [-0.2, -0.15) is 0 Å². The molecular weight excluding hydrogens is 172 g/mol. The summed E-state index contributed by atoms with van der Waals surface area (Å²) in [6.45, 7) is 4.48. The van der Waals surface area contributed by atoms with Gasteiger partial charge in [-0.1, -0.05) is 58.8 Å². The molecule has 0 aromatic carbocycles. The lowest BCUT2D eigenvalue weighted by Crippen LogP contribution is -2.00. The minimum atomic E-state index is 0.0163. The third-order valence-electron chi connectivity index (χ3n) is 3.66. The SMILES string of the molecule is CCCCCCCCC[C@]1(C)C[C@@H]1O. The van der Waals surface area contributed by atoms with Gasteiger partial charge < -0.3 is 5.11 Å². The molecule has 1 aliphatic carbocycles. The molecule has 84 valence electrons. The Morgan fingerprint density at radius 2 is 1.57 bits per heavy atom. The highest BCUT2D eigenvalue weighted by Crippen LogP contribution is 2.49. The van der Waals surface area contributed by atoms with Crippen molar-refractivity contribution in [3.8, 4) is 0 Å². The fraction of sp³-hybridized carbons (Fsp3) is 1.00. The third kappa shape index (κ3) is 4.00. The average molecular weight is 198 g/mol. The predicted octanol–water partition coefficient (Wildman–Crippen LogP) is 3.90. The van der Waals surface area contributed by atoms with Crippen molar-refractivity contribution in [1.82, 2.24) is 0 Å². The normalized spacial score (nSPS) is 30.6. The van der Waals surface area contributed by atoms with Crippen LogP contribution in [0.25, 0.3) is 0 Å². The van der Waals surface area contributed by atoms with Gasteiger partial charge >= 0.3 is 0 Å². The molecule has 1 aliphatic rings. The van der Waals surface area contributed by atoms with Crippen LogP contribution in [0, 0.1) is 5.41 Å². The van der Waals surface area contributed by atoms with E-state index in [0.717, 1.165) is 6.42 Å². The molecule has 1 rings (SSSR count). The Labute approximate surface area is 88.9 Å². The fourth-order valence-corrected chi connectivity index (χ4v) is 2.14. The molecule has 1 N–H and O–H groups in total. The van der Waals surface area contributed by atoms with Crippen molar-refractivity contribution in [2.45, 2.75) is 77.7 Å². The summed E-state index contributed by atoms with van der Waals surface area (Å²) in [4.78, 5) is 0. The Morgan fingerprint density at radius 1 is 1.07 bits per heavy atom. The second-order valence-corrected chi connectivity index (χ2v) is 5.25. The van der Waals surface area contributed by atoms with Gasteiger partial charge in [0.05, 0.1) is 6.10 Å². The lowest BCUT2D eigenvalue weighted by Gasteiger charge is -2.07. The molecule has 1 heteroatoms. The molecule has 1 saturated carbocycles. The average Bonchev–Trinajstić information content (AvgIpc) is 2.73. The van der Waals surface area contributed by atoms with E-state index in [4.69, 9.17) is 0 Å². The largest absolute Gasteiger partial charge is 0.393 e. The fourth-order valence-electron chi connectivity index (χ4n) is 2.14. The molecule has 0 heterocycles. The van der Waals surface area contributed by atoms with Crippen LogP contribution in [0.2, 0.25) is 0 Å². The molecule has 0 radical (unpaired) electrons. The van der Waals surface area contributed by atoms with Crippen molar-refractivity contribution in [1.29, 1.82) is 0 Å². The molecule has 0 spiro atoms. The molecule has 0 saturated heterocycles. The van der Waals surface area contributed by atoms with E-state index in [2.05, 4.69) is 13.8 Å². The van der Waals surface area contributed by atoms with Crippen LogP contribution in [0.15, 0.2) is 0 Å². The van der Waals surface area contributed by atoms with Crippen LogP contribution in [0.4, 0.5) is 0 Å². The number of aliphatic hydroxyl groups excluding tert-OH is 1. The Kier molecular flexibility index (Phi) is 4.94. The maximum absolute atomic E-state index is 9.36. The number of rotatable bonds is 8. The number of aliphatic hydroxyl groups is 1. The summed E-state index contributed by atoms with van der Waals surface area (Å²) in [7, 11) is 0. The summed E-state index contributed by atoms with van der Waals surface area (Å²) in [5.74, 6) is 0. The molecule has 0 aromatic rings. The lowest BCUT2D eigenvalue weighted by atomic mass is 9.99. The lowest BCUT2D eigenvalue weighted by molar-refractivity contribution is 0.219. The van der Waals surface area contributed by atoms with Crippen molar-refractivity contribution >= 4 is 0 Å². The summed E-state index contributed by atoms with van der Waals surface area (Å²) in [6, 6.07) is 0. The summed E-state index contributed by atoms with van der Waals surface area (Å²) in [6.07, 6.45) is 11.9. The molecule has 0 amide bonds. The van der Waals surface area contributed by atoms with Gasteiger partial charge in [-0.15, -0.1) is 0 Å². The standard InChI is InChI=1S/C13H26O/c1-3-4-5-6-7-8-9-10-13(2)11-12(13)14/h12,14H,3-11H2,1-2H3/t12-,13+/m0/s1. The van der Waals surface area contributed by atoms with Gasteiger partial charge in [0.15, 0.2) is 0 Å². The Bertz CT molecular complexity index is 155. The molecule has 0 aliphatic heterocycles. The smallest absolute Gasteiger partial charge is 0.0600 e. The van der Waals surface area contributed by atoms with E-state index in [0.29, 0.717) is 5.41 Å². The maximum atomic E-state index is 9.36. The number of hydrogen-bond acceptors (Lipinski definition) is 1. The van der Waals surface area contributed by atoms with Crippen LogP contribution in [0.1, 0.15) is 71.6 Å². The van der Waals surface area contributed by atoms with Crippen LogP contribution in [0.5, 0.6) is 0 Å². The molecule has 0 bridgehead atoms. The summed E-state index contributed by atoms with van der Waals surface area (Å²) < 4.78 is 0.